The molecular formula is C13H10FNO. The Bertz CT molecular complexity index is 489. The molecule has 0 unspecified atom stereocenters. The summed E-state index contributed by atoms with van der Waals surface area (Å²) in [6, 6.07) is 12.2. The first-order valence-corrected chi connectivity index (χ1v) is 4.82. The van der Waals surface area contributed by atoms with Crippen LogP contribution in [0.1, 0.15) is 15.9 Å². The molecule has 0 atom stereocenters. The topological polar surface area (TPSA) is 43.1 Å². The van der Waals surface area contributed by atoms with Gasteiger partial charge in [0.1, 0.15) is 5.82 Å². The zero-order valence-electron chi connectivity index (χ0n) is 8.48. The van der Waals surface area contributed by atoms with Gasteiger partial charge in [-0.05, 0) is 24.3 Å². The Kier molecular flexibility index (Phi) is 2.68. The third-order valence-electron chi connectivity index (χ3n) is 2.24. The Morgan fingerprint density at radius 1 is 1.00 bits per heavy atom. The van der Waals surface area contributed by atoms with E-state index in [1.165, 1.54) is 18.2 Å². The van der Waals surface area contributed by atoms with Crippen LogP contribution in [0.2, 0.25) is 0 Å². The van der Waals surface area contributed by atoms with Gasteiger partial charge in [-0.25, -0.2) is 4.39 Å². The van der Waals surface area contributed by atoms with Crippen LogP contribution in [0.5, 0.6) is 0 Å². The van der Waals surface area contributed by atoms with E-state index in [-0.39, 0.29) is 5.78 Å². The normalized spacial score (nSPS) is 10.1. The van der Waals surface area contributed by atoms with E-state index in [1.807, 2.05) is 0 Å². The minimum absolute atomic E-state index is 0.230. The molecule has 0 amide bonds. The number of hydrogen-bond acceptors (Lipinski definition) is 2. The molecule has 2 aromatic carbocycles. The number of hydrogen-bond donors (Lipinski definition) is 1. The number of rotatable bonds is 2. The summed E-state index contributed by atoms with van der Waals surface area (Å²) in [4.78, 5) is 11.9. The SMILES string of the molecule is Nc1cccc(C(=O)c2cccc(F)c2)c1. The molecule has 0 spiro atoms. The summed E-state index contributed by atoms with van der Waals surface area (Å²) in [5.41, 5.74) is 6.88. The van der Waals surface area contributed by atoms with Gasteiger partial charge in [-0.15, -0.1) is 0 Å². The average Bonchev–Trinajstić information content (AvgIpc) is 2.28. The molecule has 0 aliphatic heterocycles. The van der Waals surface area contributed by atoms with Crippen molar-refractivity contribution in [2.75, 3.05) is 5.73 Å². The number of carbonyl (C=O) groups is 1. The van der Waals surface area contributed by atoms with Crippen molar-refractivity contribution in [3.8, 4) is 0 Å². The summed E-state index contributed by atoms with van der Waals surface area (Å²) in [7, 11) is 0. The second-order valence-electron chi connectivity index (χ2n) is 3.46. The number of benzene rings is 2. The summed E-state index contributed by atoms with van der Waals surface area (Å²) in [6.07, 6.45) is 0. The lowest BCUT2D eigenvalue weighted by molar-refractivity contribution is 0.103. The third-order valence-corrected chi connectivity index (χ3v) is 2.24. The van der Waals surface area contributed by atoms with Gasteiger partial charge in [0.2, 0.25) is 0 Å². The van der Waals surface area contributed by atoms with Crippen molar-refractivity contribution in [1.82, 2.24) is 0 Å². The molecule has 80 valence electrons. The van der Waals surface area contributed by atoms with Crippen molar-refractivity contribution >= 4 is 11.5 Å². The fourth-order valence-electron chi connectivity index (χ4n) is 1.48. The monoisotopic (exact) mass is 215 g/mol. The van der Waals surface area contributed by atoms with Gasteiger partial charge in [0, 0.05) is 16.8 Å². The zero-order valence-corrected chi connectivity index (χ0v) is 8.48. The molecule has 0 saturated heterocycles. The highest BCUT2D eigenvalue weighted by molar-refractivity contribution is 6.09. The van der Waals surface area contributed by atoms with Crippen LogP contribution < -0.4 is 5.73 Å². The molecule has 2 rings (SSSR count). The highest BCUT2D eigenvalue weighted by Gasteiger charge is 2.09. The molecule has 0 heterocycles. The molecule has 2 aromatic rings. The van der Waals surface area contributed by atoms with Gasteiger partial charge >= 0.3 is 0 Å². The molecule has 2 nitrogen and oxygen atoms in total. The minimum Gasteiger partial charge on any atom is -0.399 e. The maximum Gasteiger partial charge on any atom is 0.193 e. The van der Waals surface area contributed by atoms with E-state index < -0.39 is 5.82 Å². The van der Waals surface area contributed by atoms with Crippen LogP contribution in [0.3, 0.4) is 0 Å². The minimum atomic E-state index is -0.422. The standard InChI is InChI=1S/C13H10FNO/c14-11-5-1-3-9(7-11)13(16)10-4-2-6-12(15)8-10/h1-8H,15H2. The molecule has 3 heteroatoms. The zero-order chi connectivity index (χ0) is 11.5. The van der Waals surface area contributed by atoms with Crippen LogP contribution in [0.25, 0.3) is 0 Å². The van der Waals surface area contributed by atoms with Gasteiger partial charge in [0.05, 0.1) is 0 Å². The molecule has 0 aromatic heterocycles. The molecular weight excluding hydrogens is 205 g/mol. The quantitative estimate of drug-likeness (QED) is 0.618. The highest BCUT2D eigenvalue weighted by Crippen LogP contribution is 2.13. The van der Waals surface area contributed by atoms with Crippen molar-refractivity contribution in [2.45, 2.75) is 0 Å². The first-order chi connectivity index (χ1) is 7.66. The first kappa shape index (κ1) is 10.4. The van der Waals surface area contributed by atoms with Crippen molar-refractivity contribution in [3.63, 3.8) is 0 Å². The number of halogens is 1. The summed E-state index contributed by atoms with van der Waals surface area (Å²) >= 11 is 0. The van der Waals surface area contributed by atoms with Crippen molar-refractivity contribution in [2.24, 2.45) is 0 Å². The van der Waals surface area contributed by atoms with Gasteiger partial charge in [0.25, 0.3) is 0 Å². The second kappa shape index (κ2) is 4.14. The number of anilines is 1. The Morgan fingerprint density at radius 2 is 1.62 bits per heavy atom. The maximum absolute atomic E-state index is 12.9. The van der Waals surface area contributed by atoms with Crippen molar-refractivity contribution in [3.05, 3.63) is 65.5 Å². The molecule has 16 heavy (non-hydrogen) atoms. The predicted molar refractivity (Wildman–Crippen MR) is 60.7 cm³/mol. The van der Waals surface area contributed by atoms with Gasteiger partial charge < -0.3 is 5.73 Å². The number of carbonyl (C=O) groups excluding carboxylic acids is 1. The highest BCUT2D eigenvalue weighted by atomic mass is 19.1. The smallest absolute Gasteiger partial charge is 0.193 e. The lowest BCUT2D eigenvalue weighted by Crippen LogP contribution is -2.02. The van der Waals surface area contributed by atoms with Crippen LogP contribution in [0.15, 0.2) is 48.5 Å². The third kappa shape index (κ3) is 2.08. The van der Waals surface area contributed by atoms with Gasteiger partial charge in [0.15, 0.2) is 5.78 Å². The molecule has 0 bridgehead atoms. The summed E-state index contributed by atoms with van der Waals surface area (Å²) in [6.45, 7) is 0. The van der Waals surface area contributed by atoms with E-state index in [0.29, 0.717) is 16.8 Å². The van der Waals surface area contributed by atoms with Crippen LogP contribution in [-0.4, -0.2) is 5.78 Å². The number of ketones is 1. The second-order valence-corrected chi connectivity index (χ2v) is 3.46. The fourth-order valence-corrected chi connectivity index (χ4v) is 1.48. The van der Waals surface area contributed by atoms with Crippen LogP contribution in [-0.2, 0) is 0 Å². The lowest BCUT2D eigenvalue weighted by atomic mass is 10.0. The van der Waals surface area contributed by atoms with Crippen molar-refractivity contribution < 1.29 is 9.18 Å². The van der Waals surface area contributed by atoms with E-state index in [4.69, 9.17) is 5.73 Å². The Hall–Kier alpha value is -2.16. The van der Waals surface area contributed by atoms with Gasteiger partial charge in [-0.3, -0.25) is 4.79 Å². The Morgan fingerprint density at radius 3 is 2.25 bits per heavy atom. The number of nitrogen functional groups attached to an aromatic ring is 1. The molecule has 0 aliphatic rings. The van der Waals surface area contributed by atoms with Gasteiger partial charge in [-0.2, -0.15) is 0 Å². The predicted octanol–water partition coefficient (Wildman–Crippen LogP) is 2.64. The molecule has 0 radical (unpaired) electrons. The van der Waals surface area contributed by atoms with E-state index in [2.05, 4.69) is 0 Å². The summed E-state index contributed by atoms with van der Waals surface area (Å²) < 4.78 is 12.9. The first-order valence-electron chi connectivity index (χ1n) is 4.82. The molecule has 2 N–H and O–H groups in total. The summed E-state index contributed by atoms with van der Waals surface area (Å²) in [5.74, 6) is -0.651. The molecule has 0 fully saturated rings. The maximum atomic E-state index is 12.9. The van der Waals surface area contributed by atoms with Crippen LogP contribution in [0, 0.1) is 5.82 Å². The fraction of sp³-hybridized carbons (Fsp3) is 0. The lowest BCUT2D eigenvalue weighted by Gasteiger charge is -2.02. The number of nitrogens with two attached hydrogens (primary N) is 1. The van der Waals surface area contributed by atoms with E-state index >= 15 is 0 Å². The largest absolute Gasteiger partial charge is 0.399 e. The molecule has 0 saturated carbocycles. The molecule has 0 aliphatic carbocycles. The van der Waals surface area contributed by atoms with E-state index in [9.17, 15) is 9.18 Å². The Labute approximate surface area is 92.5 Å². The van der Waals surface area contributed by atoms with Crippen LogP contribution >= 0.6 is 0 Å². The summed E-state index contributed by atoms with van der Waals surface area (Å²) in [5, 5.41) is 0. The van der Waals surface area contributed by atoms with E-state index in [0.717, 1.165) is 0 Å². The van der Waals surface area contributed by atoms with Crippen LogP contribution in [0.4, 0.5) is 10.1 Å². The Balaban J connectivity index is 2.39. The average molecular weight is 215 g/mol. The van der Waals surface area contributed by atoms with Gasteiger partial charge in [-0.1, -0.05) is 24.3 Å². The van der Waals surface area contributed by atoms with E-state index in [1.54, 1.807) is 30.3 Å². The van der Waals surface area contributed by atoms with Crippen molar-refractivity contribution in [1.29, 1.82) is 0 Å².